The lowest BCUT2D eigenvalue weighted by Crippen LogP contribution is -1.91. The smallest absolute Gasteiger partial charge is 0.116 e. The summed E-state index contributed by atoms with van der Waals surface area (Å²) in [6.45, 7) is 0. The molecule has 4 heteroatoms. The van der Waals surface area contributed by atoms with Gasteiger partial charge in [0.25, 0.3) is 0 Å². The van der Waals surface area contributed by atoms with Crippen LogP contribution in [0.4, 0.5) is 0 Å². The van der Waals surface area contributed by atoms with Crippen LogP contribution in [-0.4, -0.2) is 20.2 Å². The summed E-state index contributed by atoms with van der Waals surface area (Å²) in [6.07, 6.45) is 3.55. The third kappa shape index (κ3) is 3.26. The van der Waals surface area contributed by atoms with E-state index in [-0.39, 0.29) is 11.5 Å². The van der Waals surface area contributed by atoms with Crippen LogP contribution >= 0.6 is 0 Å². The van der Waals surface area contributed by atoms with Gasteiger partial charge in [-0.05, 0) is 60.2 Å². The first-order valence-corrected chi connectivity index (χ1v) is 8.20. The largest absolute Gasteiger partial charge is 0.508 e. The fraction of sp³-hybridized carbons (Fsp3) is 0. The fourth-order valence-electron chi connectivity index (χ4n) is 2.82. The highest BCUT2D eigenvalue weighted by atomic mass is 16.3. The minimum absolute atomic E-state index is 0.197. The fourth-order valence-corrected chi connectivity index (χ4v) is 2.82. The van der Waals surface area contributed by atoms with Crippen LogP contribution in [0.25, 0.3) is 33.6 Å². The Labute approximate surface area is 151 Å². The van der Waals surface area contributed by atoms with Crippen molar-refractivity contribution in [2.75, 3.05) is 0 Å². The van der Waals surface area contributed by atoms with Crippen molar-refractivity contribution >= 4 is 0 Å². The Hall–Kier alpha value is -3.66. The summed E-state index contributed by atoms with van der Waals surface area (Å²) in [5.41, 5.74) is 5.23. The molecule has 0 amide bonds. The second kappa shape index (κ2) is 6.69. The number of phenolic OH excluding ortho intramolecular Hbond substituents is 2. The van der Waals surface area contributed by atoms with Crippen molar-refractivity contribution in [3.8, 4) is 45.1 Å². The molecule has 0 radical (unpaired) electrons. The molecule has 126 valence electrons. The van der Waals surface area contributed by atoms with Crippen LogP contribution in [0.5, 0.6) is 11.5 Å². The molecule has 0 saturated carbocycles. The van der Waals surface area contributed by atoms with Gasteiger partial charge >= 0.3 is 0 Å². The number of nitrogens with zero attached hydrogens (tertiary/aromatic N) is 2. The normalized spacial score (nSPS) is 10.6. The van der Waals surface area contributed by atoms with E-state index in [0.717, 1.165) is 33.6 Å². The molecule has 0 saturated heterocycles. The number of hydrogen-bond donors (Lipinski definition) is 2. The van der Waals surface area contributed by atoms with Gasteiger partial charge in [0.2, 0.25) is 0 Å². The van der Waals surface area contributed by atoms with Crippen molar-refractivity contribution in [1.29, 1.82) is 0 Å². The van der Waals surface area contributed by atoms with Gasteiger partial charge in [0.15, 0.2) is 0 Å². The number of aromatic hydroxyl groups is 2. The molecule has 0 aliphatic carbocycles. The minimum Gasteiger partial charge on any atom is -0.508 e. The third-order valence-electron chi connectivity index (χ3n) is 4.13. The Morgan fingerprint density at radius 1 is 0.577 bits per heavy atom. The first-order valence-electron chi connectivity index (χ1n) is 8.20. The van der Waals surface area contributed by atoms with E-state index >= 15 is 0 Å². The number of rotatable bonds is 3. The summed E-state index contributed by atoms with van der Waals surface area (Å²) in [4.78, 5) is 8.96. The van der Waals surface area contributed by atoms with Gasteiger partial charge in [-0.3, -0.25) is 4.98 Å². The summed E-state index contributed by atoms with van der Waals surface area (Å²) < 4.78 is 0. The quantitative estimate of drug-likeness (QED) is 0.557. The van der Waals surface area contributed by atoms with E-state index in [0.29, 0.717) is 0 Å². The zero-order valence-corrected chi connectivity index (χ0v) is 13.9. The molecule has 4 nitrogen and oxygen atoms in total. The standard InChI is InChI=1S/C22H16N2O2/c25-19-8-6-15(7-9-19)21-12-18(17-4-2-10-23-14-17)13-22(24-21)16-3-1-5-20(26)11-16/h1-14,25-26H. The van der Waals surface area contributed by atoms with Gasteiger partial charge < -0.3 is 10.2 Å². The average molecular weight is 340 g/mol. The van der Waals surface area contributed by atoms with Crippen molar-refractivity contribution in [3.63, 3.8) is 0 Å². The van der Waals surface area contributed by atoms with Crippen LogP contribution in [0.1, 0.15) is 0 Å². The van der Waals surface area contributed by atoms with Crippen molar-refractivity contribution in [3.05, 3.63) is 85.2 Å². The van der Waals surface area contributed by atoms with Gasteiger partial charge in [-0.1, -0.05) is 18.2 Å². The Balaban J connectivity index is 1.91. The Kier molecular flexibility index (Phi) is 4.07. The number of pyridine rings is 2. The van der Waals surface area contributed by atoms with Gasteiger partial charge in [-0.15, -0.1) is 0 Å². The first kappa shape index (κ1) is 15.8. The van der Waals surface area contributed by atoms with E-state index in [1.807, 2.05) is 48.7 Å². The maximum atomic E-state index is 9.81. The van der Waals surface area contributed by atoms with Crippen LogP contribution in [-0.2, 0) is 0 Å². The first-order chi connectivity index (χ1) is 12.7. The third-order valence-corrected chi connectivity index (χ3v) is 4.13. The maximum absolute atomic E-state index is 9.81. The molecule has 2 aromatic carbocycles. The molecule has 2 aromatic heterocycles. The second-order valence-electron chi connectivity index (χ2n) is 5.97. The van der Waals surface area contributed by atoms with Crippen LogP contribution in [0.2, 0.25) is 0 Å². The van der Waals surface area contributed by atoms with E-state index in [2.05, 4.69) is 4.98 Å². The topological polar surface area (TPSA) is 66.2 Å². The molecule has 0 atom stereocenters. The molecule has 2 N–H and O–H groups in total. The van der Waals surface area contributed by atoms with Crippen LogP contribution in [0.3, 0.4) is 0 Å². The molecule has 26 heavy (non-hydrogen) atoms. The van der Waals surface area contributed by atoms with Crippen LogP contribution in [0, 0.1) is 0 Å². The van der Waals surface area contributed by atoms with Crippen molar-refractivity contribution in [1.82, 2.24) is 9.97 Å². The van der Waals surface area contributed by atoms with E-state index in [1.54, 1.807) is 36.5 Å². The highest BCUT2D eigenvalue weighted by Gasteiger charge is 2.09. The van der Waals surface area contributed by atoms with E-state index in [4.69, 9.17) is 4.98 Å². The molecule has 4 aromatic rings. The SMILES string of the molecule is Oc1ccc(-c2cc(-c3cccnc3)cc(-c3cccc(O)c3)n2)cc1. The summed E-state index contributed by atoms with van der Waals surface area (Å²) in [5, 5.41) is 19.4. The number of aromatic nitrogens is 2. The predicted octanol–water partition coefficient (Wildman–Crippen LogP) is 4.89. The number of benzene rings is 2. The maximum Gasteiger partial charge on any atom is 0.116 e. The highest BCUT2D eigenvalue weighted by Crippen LogP contribution is 2.31. The summed E-state index contributed by atoms with van der Waals surface area (Å²) in [5.74, 6) is 0.410. The molecule has 0 unspecified atom stereocenters. The number of hydrogen-bond acceptors (Lipinski definition) is 4. The molecule has 2 heterocycles. The van der Waals surface area contributed by atoms with Gasteiger partial charge in [0.1, 0.15) is 11.5 Å². The van der Waals surface area contributed by atoms with Crippen LogP contribution < -0.4 is 0 Å². The van der Waals surface area contributed by atoms with Gasteiger partial charge in [-0.2, -0.15) is 0 Å². The Morgan fingerprint density at radius 3 is 2.00 bits per heavy atom. The molecule has 0 fully saturated rings. The molecule has 4 rings (SSSR count). The Bertz CT molecular complexity index is 1050. The lowest BCUT2D eigenvalue weighted by molar-refractivity contribution is 0.475. The summed E-state index contributed by atoms with van der Waals surface area (Å²) in [7, 11) is 0. The lowest BCUT2D eigenvalue weighted by Gasteiger charge is -2.10. The van der Waals surface area contributed by atoms with Gasteiger partial charge in [0.05, 0.1) is 11.4 Å². The predicted molar refractivity (Wildman–Crippen MR) is 102 cm³/mol. The van der Waals surface area contributed by atoms with Gasteiger partial charge in [0, 0.05) is 29.1 Å². The molecular weight excluding hydrogens is 324 g/mol. The van der Waals surface area contributed by atoms with Crippen molar-refractivity contribution in [2.45, 2.75) is 0 Å². The second-order valence-corrected chi connectivity index (χ2v) is 5.97. The highest BCUT2D eigenvalue weighted by molar-refractivity contribution is 5.76. The van der Waals surface area contributed by atoms with Crippen molar-refractivity contribution in [2.24, 2.45) is 0 Å². The van der Waals surface area contributed by atoms with E-state index in [1.165, 1.54) is 0 Å². The van der Waals surface area contributed by atoms with Gasteiger partial charge in [-0.25, -0.2) is 4.98 Å². The van der Waals surface area contributed by atoms with Crippen LogP contribution in [0.15, 0.2) is 85.2 Å². The molecule has 0 aliphatic rings. The average Bonchev–Trinajstić information content (AvgIpc) is 2.69. The Morgan fingerprint density at radius 2 is 1.31 bits per heavy atom. The zero-order valence-electron chi connectivity index (χ0n) is 13.9. The summed E-state index contributed by atoms with van der Waals surface area (Å²) >= 11 is 0. The van der Waals surface area contributed by atoms with E-state index < -0.39 is 0 Å². The lowest BCUT2D eigenvalue weighted by atomic mass is 10.0. The summed E-state index contributed by atoms with van der Waals surface area (Å²) in [6, 6.07) is 21.8. The zero-order chi connectivity index (χ0) is 17.9. The monoisotopic (exact) mass is 340 g/mol. The molecular formula is C22H16N2O2. The number of phenols is 2. The molecule has 0 bridgehead atoms. The van der Waals surface area contributed by atoms with Crippen molar-refractivity contribution < 1.29 is 10.2 Å². The molecule has 0 aliphatic heterocycles. The molecule has 0 spiro atoms. The van der Waals surface area contributed by atoms with E-state index in [9.17, 15) is 10.2 Å². The minimum atomic E-state index is 0.197.